The molecule has 0 aromatic heterocycles. The summed E-state index contributed by atoms with van der Waals surface area (Å²) in [5, 5.41) is 10.9. The van der Waals surface area contributed by atoms with Crippen molar-refractivity contribution in [3.63, 3.8) is 0 Å². The predicted octanol–water partition coefficient (Wildman–Crippen LogP) is 2.83. The lowest BCUT2D eigenvalue weighted by atomic mass is 10.1. The number of nitrogens with zero attached hydrogens (tertiary/aromatic N) is 2. The molecule has 1 aromatic rings. The zero-order chi connectivity index (χ0) is 13.1. The first-order valence-electron chi connectivity index (χ1n) is 5.85. The molecule has 18 heavy (non-hydrogen) atoms. The van der Waals surface area contributed by atoms with Gasteiger partial charge in [-0.3, -0.25) is 10.1 Å². The third-order valence-electron chi connectivity index (χ3n) is 3.08. The minimum atomic E-state index is -0.406. The van der Waals surface area contributed by atoms with Crippen LogP contribution >= 0.6 is 15.9 Å². The van der Waals surface area contributed by atoms with E-state index in [9.17, 15) is 10.1 Å². The number of nitro benzene ring substituents is 1. The summed E-state index contributed by atoms with van der Waals surface area (Å²) in [6, 6.07) is 4.78. The maximum absolute atomic E-state index is 10.9. The van der Waals surface area contributed by atoms with E-state index in [1.165, 1.54) is 6.07 Å². The highest BCUT2D eigenvalue weighted by Gasteiger charge is 2.22. The maximum atomic E-state index is 10.9. The second-order valence-electron chi connectivity index (χ2n) is 4.49. The molecule has 2 rings (SSSR count). The highest BCUT2D eigenvalue weighted by molar-refractivity contribution is 9.10. The Labute approximate surface area is 114 Å². The van der Waals surface area contributed by atoms with Crippen molar-refractivity contribution in [2.75, 3.05) is 20.1 Å². The lowest BCUT2D eigenvalue weighted by molar-refractivity contribution is -0.386. The molecule has 0 atom stereocenters. The summed E-state index contributed by atoms with van der Waals surface area (Å²) in [4.78, 5) is 12.8. The van der Waals surface area contributed by atoms with Crippen LogP contribution in [0.15, 0.2) is 22.7 Å². The van der Waals surface area contributed by atoms with Gasteiger partial charge >= 0.3 is 5.69 Å². The van der Waals surface area contributed by atoms with Crippen LogP contribution in [-0.4, -0.2) is 36.1 Å². The Balaban J connectivity index is 2.12. The molecule has 1 saturated heterocycles. The molecule has 1 heterocycles. The average Bonchev–Trinajstić information content (AvgIpc) is 2.32. The predicted molar refractivity (Wildman–Crippen MR) is 71.9 cm³/mol. The Morgan fingerprint density at radius 2 is 2.11 bits per heavy atom. The second kappa shape index (κ2) is 5.67. The fourth-order valence-electron chi connectivity index (χ4n) is 2.02. The molecular formula is C12H15BrN2O3. The second-order valence-corrected chi connectivity index (χ2v) is 5.41. The monoisotopic (exact) mass is 314 g/mol. The molecule has 1 aromatic carbocycles. The zero-order valence-corrected chi connectivity index (χ0v) is 11.7. The topological polar surface area (TPSA) is 55.6 Å². The third kappa shape index (κ3) is 3.20. The number of nitro groups is 1. The summed E-state index contributed by atoms with van der Waals surface area (Å²) in [7, 11) is 2.07. The van der Waals surface area contributed by atoms with Gasteiger partial charge in [0.2, 0.25) is 0 Å². The Morgan fingerprint density at radius 3 is 2.72 bits per heavy atom. The molecule has 0 aliphatic carbocycles. The minimum absolute atomic E-state index is 0.0251. The van der Waals surface area contributed by atoms with E-state index in [0.29, 0.717) is 5.75 Å². The molecule has 0 amide bonds. The number of halogens is 1. The largest absolute Gasteiger partial charge is 0.483 e. The van der Waals surface area contributed by atoms with E-state index >= 15 is 0 Å². The molecule has 1 aliphatic heterocycles. The summed E-state index contributed by atoms with van der Waals surface area (Å²) in [5.41, 5.74) is 0.0251. The number of ether oxygens (including phenoxy) is 1. The lowest BCUT2D eigenvalue weighted by Crippen LogP contribution is -2.35. The van der Waals surface area contributed by atoms with Crippen LogP contribution in [0.2, 0.25) is 0 Å². The molecule has 5 nitrogen and oxygen atoms in total. The number of rotatable bonds is 3. The standard InChI is InChI=1S/C12H15BrN2O3/c1-14-6-4-10(5-7-14)18-12-8-9(13)2-3-11(12)15(16)17/h2-3,8,10H,4-7H2,1H3. The Hall–Kier alpha value is -1.14. The maximum Gasteiger partial charge on any atom is 0.311 e. The van der Waals surface area contributed by atoms with Crippen molar-refractivity contribution in [1.82, 2.24) is 4.90 Å². The van der Waals surface area contributed by atoms with Crippen LogP contribution in [0.4, 0.5) is 5.69 Å². The van der Waals surface area contributed by atoms with E-state index in [2.05, 4.69) is 27.9 Å². The van der Waals surface area contributed by atoms with Crippen LogP contribution in [0.1, 0.15) is 12.8 Å². The summed E-state index contributed by atoms with van der Waals surface area (Å²) in [5.74, 6) is 0.351. The highest BCUT2D eigenvalue weighted by atomic mass is 79.9. The smallest absolute Gasteiger partial charge is 0.311 e. The summed E-state index contributed by atoms with van der Waals surface area (Å²) < 4.78 is 6.57. The van der Waals surface area contributed by atoms with Crippen molar-refractivity contribution in [3.8, 4) is 5.75 Å². The SMILES string of the molecule is CN1CCC(Oc2cc(Br)ccc2[N+](=O)[O-])CC1. The van der Waals surface area contributed by atoms with E-state index in [1.807, 2.05) is 0 Å². The van der Waals surface area contributed by atoms with Crippen molar-refractivity contribution >= 4 is 21.6 Å². The van der Waals surface area contributed by atoms with Crippen molar-refractivity contribution in [2.24, 2.45) is 0 Å². The molecule has 6 heteroatoms. The van der Waals surface area contributed by atoms with Crippen molar-refractivity contribution in [3.05, 3.63) is 32.8 Å². The van der Waals surface area contributed by atoms with Gasteiger partial charge in [-0.2, -0.15) is 0 Å². The van der Waals surface area contributed by atoms with Gasteiger partial charge in [-0.25, -0.2) is 0 Å². The third-order valence-corrected chi connectivity index (χ3v) is 3.57. The van der Waals surface area contributed by atoms with Crippen LogP contribution in [0.3, 0.4) is 0 Å². The molecule has 0 radical (unpaired) electrons. The van der Waals surface area contributed by atoms with E-state index < -0.39 is 4.92 Å². The molecule has 0 spiro atoms. The van der Waals surface area contributed by atoms with Gasteiger partial charge in [0.1, 0.15) is 6.10 Å². The molecule has 0 N–H and O–H groups in total. The first-order valence-corrected chi connectivity index (χ1v) is 6.64. The van der Waals surface area contributed by atoms with Crippen LogP contribution in [0.5, 0.6) is 5.75 Å². The van der Waals surface area contributed by atoms with E-state index in [0.717, 1.165) is 30.4 Å². The van der Waals surface area contributed by atoms with Crippen molar-refractivity contribution < 1.29 is 9.66 Å². The van der Waals surface area contributed by atoms with E-state index in [-0.39, 0.29) is 11.8 Å². The van der Waals surface area contributed by atoms with Gasteiger partial charge in [-0.05, 0) is 26.0 Å². The Kier molecular flexibility index (Phi) is 4.19. The van der Waals surface area contributed by atoms with E-state index in [1.54, 1.807) is 12.1 Å². The molecule has 0 unspecified atom stereocenters. The highest BCUT2D eigenvalue weighted by Crippen LogP contribution is 2.32. The fourth-order valence-corrected chi connectivity index (χ4v) is 2.36. The van der Waals surface area contributed by atoms with Gasteiger partial charge in [0.15, 0.2) is 5.75 Å². The quantitative estimate of drug-likeness (QED) is 0.636. The van der Waals surface area contributed by atoms with Crippen LogP contribution in [-0.2, 0) is 0 Å². The first-order chi connectivity index (χ1) is 8.56. The summed E-state index contributed by atoms with van der Waals surface area (Å²) in [6.45, 7) is 1.93. The van der Waals surface area contributed by atoms with Crippen molar-refractivity contribution in [2.45, 2.75) is 18.9 Å². The van der Waals surface area contributed by atoms with Gasteiger partial charge in [0.05, 0.1) is 4.92 Å². The van der Waals surface area contributed by atoms with Gasteiger partial charge in [0, 0.05) is 29.7 Å². The summed E-state index contributed by atoms with van der Waals surface area (Å²) in [6.07, 6.45) is 1.87. The fraction of sp³-hybridized carbons (Fsp3) is 0.500. The Bertz CT molecular complexity index is 445. The van der Waals surface area contributed by atoms with Crippen molar-refractivity contribution in [1.29, 1.82) is 0 Å². The van der Waals surface area contributed by atoms with Gasteiger partial charge in [-0.1, -0.05) is 15.9 Å². The van der Waals surface area contributed by atoms with Gasteiger partial charge in [-0.15, -0.1) is 0 Å². The number of hydrogen-bond donors (Lipinski definition) is 0. The molecular weight excluding hydrogens is 300 g/mol. The van der Waals surface area contributed by atoms with Crippen LogP contribution < -0.4 is 4.74 Å². The average molecular weight is 315 g/mol. The van der Waals surface area contributed by atoms with Crippen LogP contribution in [0, 0.1) is 10.1 Å². The first kappa shape index (κ1) is 13.3. The minimum Gasteiger partial charge on any atom is -0.483 e. The zero-order valence-electron chi connectivity index (χ0n) is 10.1. The number of benzene rings is 1. The normalized spacial score (nSPS) is 17.7. The Morgan fingerprint density at radius 1 is 1.44 bits per heavy atom. The van der Waals surface area contributed by atoms with Crippen LogP contribution in [0.25, 0.3) is 0 Å². The molecule has 98 valence electrons. The summed E-state index contributed by atoms with van der Waals surface area (Å²) >= 11 is 3.31. The number of hydrogen-bond acceptors (Lipinski definition) is 4. The number of piperidine rings is 1. The lowest BCUT2D eigenvalue weighted by Gasteiger charge is -2.29. The molecule has 0 bridgehead atoms. The van der Waals surface area contributed by atoms with Gasteiger partial charge in [0.25, 0.3) is 0 Å². The molecule has 1 fully saturated rings. The van der Waals surface area contributed by atoms with E-state index in [4.69, 9.17) is 4.74 Å². The van der Waals surface area contributed by atoms with Gasteiger partial charge < -0.3 is 9.64 Å². The molecule has 0 saturated carbocycles. The molecule has 1 aliphatic rings. The number of likely N-dealkylation sites (tertiary alicyclic amines) is 1.